The van der Waals surface area contributed by atoms with Crippen LogP contribution in [0.3, 0.4) is 0 Å². The fraction of sp³-hybridized carbons (Fsp3) is 0.778. The van der Waals surface area contributed by atoms with Crippen molar-refractivity contribution in [2.45, 2.75) is 57.3 Å². The summed E-state index contributed by atoms with van der Waals surface area (Å²) in [6, 6.07) is 0. The lowest BCUT2D eigenvalue weighted by Gasteiger charge is -2.57. The molecule has 0 radical (unpaired) electrons. The Morgan fingerprint density at radius 3 is 2.87 bits per heavy atom. The largest absolute Gasteiger partial charge is 0.469 e. The van der Waals surface area contributed by atoms with Gasteiger partial charge in [0.15, 0.2) is 5.78 Å². The summed E-state index contributed by atoms with van der Waals surface area (Å²) in [6.45, 7) is 3.93. The molecular weight excluding hydrogens is 296 g/mol. The molecule has 5 nitrogen and oxygen atoms in total. The lowest BCUT2D eigenvalue weighted by Crippen LogP contribution is -2.62. The Bertz CT molecular complexity index is 613. The average molecular weight is 320 g/mol. The zero-order chi connectivity index (χ0) is 16.6. The van der Waals surface area contributed by atoms with Crippen molar-refractivity contribution in [2.24, 2.45) is 22.7 Å². The molecule has 0 aromatic carbocycles. The first-order valence-electron chi connectivity index (χ1n) is 8.44. The highest BCUT2D eigenvalue weighted by atomic mass is 16.5. The van der Waals surface area contributed by atoms with Crippen molar-refractivity contribution in [1.82, 2.24) is 0 Å². The number of ether oxygens (including phenoxy) is 2. The second kappa shape index (κ2) is 4.45. The van der Waals surface area contributed by atoms with Crippen LogP contribution < -0.4 is 0 Å². The minimum atomic E-state index is -0.689. The third kappa shape index (κ3) is 1.65. The van der Waals surface area contributed by atoms with E-state index in [0.717, 1.165) is 12.8 Å². The lowest BCUT2D eigenvalue weighted by molar-refractivity contribution is -0.219. The highest BCUT2D eigenvalue weighted by Gasteiger charge is 2.76. The number of hydrogen-bond donors (Lipinski definition) is 1. The monoisotopic (exact) mass is 320 g/mol. The Hall–Kier alpha value is -1.20. The fourth-order valence-corrected chi connectivity index (χ4v) is 6.06. The molecule has 0 amide bonds. The first kappa shape index (κ1) is 15.3. The predicted molar refractivity (Wildman–Crippen MR) is 81.4 cm³/mol. The molecular formula is C18H24O5. The zero-order valence-electron chi connectivity index (χ0n) is 13.9. The number of hydrogen-bond acceptors (Lipinski definition) is 5. The van der Waals surface area contributed by atoms with Gasteiger partial charge in [-0.2, -0.15) is 0 Å². The van der Waals surface area contributed by atoms with Gasteiger partial charge in [0, 0.05) is 23.2 Å². The summed E-state index contributed by atoms with van der Waals surface area (Å²) >= 11 is 0. The van der Waals surface area contributed by atoms with Crippen molar-refractivity contribution < 1.29 is 24.2 Å². The molecule has 1 N–H and O–H groups in total. The summed E-state index contributed by atoms with van der Waals surface area (Å²) in [5, 5.41) is 11.0. The van der Waals surface area contributed by atoms with Gasteiger partial charge in [0.1, 0.15) is 0 Å². The van der Waals surface area contributed by atoms with Crippen LogP contribution in [0.2, 0.25) is 0 Å². The summed E-state index contributed by atoms with van der Waals surface area (Å²) in [5.41, 5.74) is -1.57. The van der Waals surface area contributed by atoms with Crippen LogP contribution in [0, 0.1) is 22.7 Å². The maximum Gasteiger partial charge on any atom is 0.305 e. The first-order chi connectivity index (χ1) is 10.8. The first-order valence-corrected chi connectivity index (χ1v) is 8.44. The van der Waals surface area contributed by atoms with Crippen LogP contribution >= 0.6 is 0 Å². The van der Waals surface area contributed by atoms with E-state index in [9.17, 15) is 14.7 Å². The Labute approximate surface area is 136 Å². The van der Waals surface area contributed by atoms with Gasteiger partial charge in [-0.25, -0.2) is 0 Å². The maximum atomic E-state index is 12.7. The average Bonchev–Trinajstić information content (AvgIpc) is 2.87. The van der Waals surface area contributed by atoms with Crippen molar-refractivity contribution in [3.8, 4) is 0 Å². The van der Waals surface area contributed by atoms with E-state index in [1.165, 1.54) is 7.11 Å². The van der Waals surface area contributed by atoms with Crippen LogP contribution in [0.15, 0.2) is 12.2 Å². The molecule has 7 atom stereocenters. The molecule has 0 aromatic heterocycles. The van der Waals surface area contributed by atoms with Gasteiger partial charge in [0.2, 0.25) is 0 Å². The highest BCUT2D eigenvalue weighted by molar-refractivity contribution is 5.96. The number of carbonyl (C=O) groups is 2. The molecule has 6 unspecified atom stereocenters. The molecule has 126 valence electrons. The van der Waals surface area contributed by atoms with E-state index in [4.69, 9.17) is 9.47 Å². The number of carbonyl (C=O) groups excluding carboxylic acids is 2. The van der Waals surface area contributed by atoms with E-state index in [1.807, 2.05) is 19.9 Å². The summed E-state index contributed by atoms with van der Waals surface area (Å²) in [4.78, 5) is 24.3. The number of aliphatic hydroxyl groups is 1. The third-order valence-corrected chi connectivity index (χ3v) is 7.21. The van der Waals surface area contributed by atoms with Gasteiger partial charge in [-0.05, 0) is 38.2 Å². The Balaban J connectivity index is 1.75. The van der Waals surface area contributed by atoms with Crippen LogP contribution in [0.4, 0.5) is 0 Å². The van der Waals surface area contributed by atoms with Gasteiger partial charge >= 0.3 is 5.97 Å². The predicted octanol–water partition coefficient (Wildman–Crippen LogP) is 1.63. The molecule has 5 heteroatoms. The Morgan fingerprint density at radius 1 is 1.48 bits per heavy atom. The van der Waals surface area contributed by atoms with Crippen LogP contribution in [0.25, 0.3) is 0 Å². The lowest BCUT2D eigenvalue weighted by atomic mass is 9.50. The van der Waals surface area contributed by atoms with Gasteiger partial charge in [-0.3, -0.25) is 9.59 Å². The topological polar surface area (TPSA) is 72.8 Å². The number of ketones is 1. The van der Waals surface area contributed by atoms with Gasteiger partial charge in [-0.1, -0.05) is 13.0 Å². The quantitative estimate of drug-likeness (QED) is 0.800. The zero-order valence-corrected chi connectivity index (χ0v) is 13.9. The van der Waals surface area contributed by atoms with E-state index in [0.29, 0.717) is 12.3 Å². The molecule has 23 heavy (non-hydrogen) atoms. The molecule has 4 fully saturated rings. The molecule has 5 aliphatic rings. The van der Waals surface area contributed by atoms with Crippen molar-refractivity contribution >= 4 is 11.8 Å². The molecule has 2 saturated heterocycles. The molecule has 2 saturated carbocycles. The smallest absolute Gasteiger partial charge is 0.305 e. The highest BCUT2D eigenvalue weighted by Crippen LogP contribution is 2.71. The normalized spacial score (nSPS) is 52.8. The molecule has 5 rings (SSSR count). The van der Waals surface area contributed by atoms with Gasteiger partial charge in [0.05, 0.1) is 24.9 Å². The Morgan fingerprint density at radius 2 is 2.22 bits per heavy atom. The number of allylic oxidation sites excluding steroid dienone is 1. The summed E-state index contributed by atoms with van der Waals surface area (Å²) in [5.74, 6) is 0.00914. The minimum absolute atomic E-state index is 0.0151. The van der Waals surface area contributed by atoms with Crippen molar-refractivity contribution in [3.05, 3.63) is 12.2 Å². The summed E-state index contributed by atoms with van der Waals surface area (Å²) < 4.78 is 11.0. The molecule has 3 aliphatic carbocycles. The van der Waals surface area contributed by atoms with E-state index >= 15 is 0 Å². The SMILES string of the molecule is COC(=O)CC[C@]1(C)C(=O)C=CC23CC4CC(OC4(C)C2O)C31. The minimum Gasteiger partial charge on any atom is -0.469 e. The number of methoxy groups -OCH3 is 1. The number of aliphatic hydroxyl groups excluding tert-OH is 1. The van der Waals surface area contributed by atoms with E-state index in [-0.39, 0.29) is 35.6 Å². The van der Waals surface area contributed by atoms with Crippen LogP contribution in [-0.4, -0.2) is 41.8 Å². The second-order valence-corrected chi connectivity index (χ2v) is 8.16. The van der Waals surface area contributed by atoms with E-state index in [2.05, 4.69) is 0 Å². The Kier molecular flexibility index (Phi) is 2.97. The van der Waals surface area contributed by atoms with E-state index in [1.54, 1.807) is 6.08 Å². The number of esters is 1. The second-order valence-electron chi connectivity index (χ2n) is 8.16. The van der Waals surface area contributed by atoms with Crippen molar-refractivity contribution in [2.75, 3.05) is 7.11 Å². The molecule has 4 bridgehead atoms. The third-order valence-electron chi connectivity index (χ3n) is 7.21. The maximum absolute atomic E-state index is 12.7. The van der Waals surface area contributed by atoms with Crippen LogP contribution in [-0.2, 0) is 19.1 Å². The van der Waals surface area contributed by atoms with Crippen LogP contribution in [0.1, 0.15) is 39.5 Å². The van der Waals surface area contributed by atoms with Gasteiger partial charge < -0.3 is 14.6 Å². The van der Waals surface area contributed by atoms with Crippen molar-refractivity contribution in [3.63, 3.8) is 0 Å². The summed E-state index contributed by atoms with van der Waals surface area (Å²) in [7, 11) is 1.36. The fourth-order valence-electron chi connectivity index (χ4n) is 6.06. The summed E-state index contributed by atoms with van der Waals surface area (Å²) in [6.07, 6.45) is 5.37. The van der Waals surface area contributed by atoms with E-state index < -0.39 is 17.1 Å². The standard InChI is InChI=1S/C18H24O5/c1-16(6-5-13(20)22-3)12(19)4-7-18-9-10-8-11(14(16)18)23-17(10,2)15(18)21/h4,7,10-11,14-15,21H,5-6,8-9H2,1-3H3/t10?,11?,14?,15?,16-,17?,18?/m1/s1. The molecule has 1 spiro atoms. The van der Waals surface area contributed by atoms with Gasteiger partial charge in [0.25, 0.3) is 0 Å². The number of rotatable bonds is 3. The molecule has 2 aliphatic heterocycles. The molecule has 0 aromatic rings. The van der Waals surface area contributed by atoms with Gasteiger partial charge in [-0.15, -0.1) is 0 Å². The molecule has 2 heterocycles. The van der Waals surface area contributed by atoms with Crippen LogP contribution in [0.5, 0.6) is 0 Å². The van der Waals surface area contributed by atoms with Crippen molar-refractivity contribution in [1.29, 1.82) is 0 Å².